The Hall–Kier alpha value is -1.50. The van der Waals surface area contributed by atoms with E-state index in [1.807, 2.05) is 13.0 Å². The van der Waals surface area contributed by atoms with Crippen molar-refractivity contribution in [3.63, 3.8) is 0 Å². The van der Waals surface area contributed by atoms with Crippen LogP contribution < -0.4 is 5.32 Å². The number of nitrogens with one attached hydrogen (secondary N) is 1. The van der Waals surface area contributed by atoms with Gasteiger partial charge < -0.3 is 10.1 Å². The summed E-state index contributed by atoms with van der Waals surface area (Å²) in [5.41, 5.74) is 0.977. The first-order valence-corrected chi connectivity index (χ1v) is 8.53. The average Bonchev–Trinajstić information content (AvgIpc) is 3.02. The van der Waals surface area contributed by atoms with Gasteiger partial charge in [0.1, 0.15) is 0 Å². The molecule has 1 aliphatic heterocycles. The van der Waals surface area contributed by atoms with Gasteiger partial charge in [0.2, 0.25) is 5.95 Å². The van der Waals surface area contributed by atoms with Gasteiger partial charge in [0.05, 0.1) is 18.8 Å². The maximum atomic E-state index is 5.67. The number of aromatic nitrogens is 2. The van der Waals surface area contributed by atoms with Crippen molar-refractivity contribution >= 4 is 17.3 Å². The summed E-state index contributed by atoms with van der Waals surface area (Å²) >= 11 is 1.80. The minimum atomic E-state index is 0.284. The maximum Gasteiger partial charge on any atom is 0.222 e. The van der Waals surface area contributed by atoms with Crippen LogP contribution in [0.4, 0.5) is 5.95 Å². The predicted molar refractivity (Wildman–Crippen MR) is 89.3 cm³/mol. The third-order valence-electron chi connectivity index (χ3n) is 3.83. The Morgan fingerprint density at radius 3 is 3.14 bits per heavy atom. The molecule has 2 aromatic heterocycles. The van der Waals surface area contributed by atoms with Crippen LogP contribution in [0.25, 0.3) is 0 Å². The highest BCUT2D eigenvalue weighted by Crippen LogP contribution is 2.27. The van der Waals surface area contributed by atoms with Gasteiger partial charge in [-0.05, 0) is 31.4 Å². The van der Waals surface area contributed by atoms with Crippen molar-refractivity contribution in [1.29, 1.82) is 0 Å². The van der Waals surface area contributed by atoms with Crippen LogP contribution in [0.5, 0.6) is 0 Å². The van der Waals surface area contributed by atoms with Gasteiger partial charge in [-0.1, -0.05) is 6.07 Å². The lowest BCUT2D eigenvalue weighted by atomic mass is 10.1. The summed E-state index contributed by atoms with van der Waals surface area (Å²) in [6.45, 7) is 7.63. The van der Waals surface area contributed by atoms with Gasteiger partial charge in [-0.15, -0.1) is 11.3 Å². The highest BCUT2D eigenvalue weighted by Gasteiger charge is 2.26. The van der Waals surface area contributed by atoms with Crippen molar-refractivity contribution in [2.24, 2.45) is 0 Å². The summed E-state index contributed by atoms with van der Waals surface area (Å²) in [6, 6.07) is 6.55. The van der Waals surface area contributed by atoms with E-state index < -0.39 is 0 Å². The molecule has 22 heavy (non-hydrogen) atoms. The summed E-state index contributed by atoms with van der Waals surface area (Å²) < 4.78 is 5.67. The molecule has 5 nitrogen and oxygen atoms in total. The second kappa shape index (κ2) is 7.17. The number of hydrogen-bond donors (Lipinski definition) is 1. The Bertz CT molecular complexity index is 590. The molecule has 1 N–H and O–H groups in total. The Labute approximate surface area is 135 Å². The van der Waals surface area contributed by atoms with E-state index in [1.54, 1.807) is 17.5 Å². The highest BCUT2D eigenvalue weighted by molar-refractivity contribution is 7.10. The summed E-state index contributed by atoms with van der Waals surface area (Å²) in [5, 5.41) is 5.52. The van der Waals surface area contributed by atoms with Crippen molar-refractivity contribution in [2.45, 2.75) is 26.0 Å². The number of anilines is 1. The first-order chi connectivity index (χ1) is 10.7. The van der Waals surface area contributed by atoms with Crippen molar-refractivity contribution in [3.05, 3.63) is 40.3 Å². The second-order valence-electron chi connectivity index (χ2n) is 5.61. The minimum absolute atomic E-state index is 0.284. The SMILES string of the molecule is Cc1ccnc(NC[C@H](c2cccs2)N2CCO[C@@H](C)C2)n1. The topological polar surface area (TPSA) is 50.3 Å². The van der Waals surface area contributed by atoms with Gasteiger partial charge in [-0.3, -0.25) is 4.90 Å². The number of thiophene rings is 1. The van der Waals surface area contributed by atoms with E-state index in [4.69, 9.17) is 4.74 Å². The Balaban J connectivity index is 1.71. The molecule has 0 spiro atoms. The van der Waals surface area contributed by atoms with Crippen LogP contribution in [0.3, 0.4) is 0 Å². The summed E-state index contributed by atoms with van der Waals surface area (Å²) in [5.74, 6) is 0.697. The van der Waals surface area contributed by atoms with E-state index in [2.05, 4.69) is 44.6 Å². The molecular weight excluding hydrogens is 296 g/mol. The summed E-state index contributed by atoms with van der Waals surface area (Å²) in [7, 11) is 0. The van der Waals surface area contributed by atoms with Crippen LogP contribution in [-0.2, 0) is 4.74 Å². The molecule has 1 saturated heterocycles. The molecule has 0 unspecified atom stereocenters. The van der Waals surface area contributed by atoms with E-state index >= 15 is 0 Å². The number of hydrogen-bond acceptors (Lipinski definition) is 6. The fourth-order valence-corrected chi connectivity index (χ4v) is 3.60. The highest BCUT2D eigenvalue weighted by atomic mass is 32.1. The first-order valence-electron chi connectivity index (χ1n) is 7.65. The summed E-state index contributed by atoms with van der Waals surface area (Å²) in [6.07, 6.45) is 2.08. The van der Waals surface area contributed by atoms with Crippen LogP contribution in [0, 0.1) is 6.92 Å². The average molecular weight is 318 g/mol. The molecule has 1 aliphatic rings. The maximum absolute atomic E-state index is 5.67. The molecule has 3 heterocycles. The van der Waals surface area contributed by atoms with Gasteiger partial charge in [-0.2, -0.15) is 0 Å². The molecule has 2 aromatic rings. The van der Waals surface area contributed by atoms with Crippen LogP contribution in [0.15, 0.2) is 29.8 Å². The predicted octanol–water partition coefficient (Wildman–Crippen LogP) is 2.72. The van der Waals surface area contributed by atoms with Crippen molar-refractivity contribution in [1.82, 2.24) is 14.9 Å². The van der Waals surface area contributed by atoms with Gasteiger partial charge >= 0.3 is 0 Å². The Morgan fingerprint density at radius 2 is 2.41 bits per heavy atom. The van der Waals surface area contributed by atoms with Crippen molar-refractivity contribution in [2.75, 3.05) is 31.6 Å². The Morgan fingerprint density at radius 1 is 1.50 bits per heavy atom. The van der Waals surface area contributed by atoms with E-state index in [0.717, 1.165) is 31.9 Å². The normalized spacial score (nSPS) is 20.7. The molecule has 0 bridgehead atoms. The third kappa shape index (κ3) is 3.82. The molecule has 118 valence electrons. The molecule has 1 fully saturated rings. The lowest BCUT2D eigenvalue weighted by molar-refractivity contribution is -0.0322. The lowest BCUT2D eigenvalue weighted by Gasteiger charge is -2.37. The molecular formula is C16H22N4OS. The number of morpholine rings is 1. The molecule has 0 aromatic carbocycles. The minimum Gasteiger partial charge on any atom is -0.376 e. The fourth-order valence-electron chi connectivity index (χ4n) is 2.74. The first kappa shape index (κ1) is 15.4. The van der Waals surface area contributed by atoms with E-state index in [0.29, 0.717) is 12.0 Å². The smallest absolute Gasteiger partial charge is 0.222 e. The molecule has 3 rings (SSSR count). The molecule has 0 amide bonds. The number of rotatable bonds is 5. The quantitative estimate of drug-likeness (QED) is 0.918. The van der Waals surface area contributed by atoms with Crippen molar-refractivity contribution < 1.29 is 4.74 Å². The van der Waals surface area contributed by atoms with E-state index in [-0.39, 0.29) is 6.10 Å². The zero-order chi connectivity index (χ0) is 15.4. The number of nitrogens with zero attached hydrogens (tertiary/aromatic N) is 3. The van der Waals surface area contributed by atoms with Crippen LogP contribution in [0.1, 0.15) is 23.5 Å². The standard InChI is InChI=1S/C16H22N4OS/c1-12-5-6-17-16(19-12)18-10-14(15-4-3-9-22-15)20-7-8-21-13(2)11-20/h3-6,9,13-14H,7-8,10-11H2,1-2H3,(H,17,18,19)/t13-,14+/m0/s1. The zero-order valence-corrected chi connectivity index (χ0v) is 13.8. The van der Waals surface area contributed by atoms with Crippen LogP contribution in [-0.4, -0.2) is 47.2 Å². The third-order valence-corrected chi connectivity index (χ3v) is 4.81. The molecule has 0 radical (unpaired) electrons. The number of aryl methyl sites for hydroxylation is 1. The van der Waals surface area contributed by atoms with E-state index in [9.17, 15) is 0 Å². The van der Waals surface area contributed by atoms with Crippen LogP contribution in [0.2, 0.25) is 0 Å². The lowest BCUT2D eigenvalue weighted by Crippen LogP contribution is -2.44. The molecule has 0 aliphatic carbocycles. The monoisotopic (exact) mass is 318 g/mol. The van der Waals surface area contributed by atoms with Gasteiger partial charge in [0, 0.05) is 36.4 Å². The largest absolute Gasteiger partial charge is 0.376 e. The Kier molecular flexibility index (Phi) is 5.02. The summed E-state index contributed by atoms with van der Waals surface area (Å²) in [4.78, 5) is 12.6. The molecule has 0 saturated carbocycles. The number of ether oxygens (including phenoxy) is 1. The van der Waals surface area contributed by atoms with E-state index in [1.165, 1.54) is 4.88 Å². The van der Waals surface area contributed by atoms with Gasteiger partial charge in [0.15, 0.2) is 0 Å². The zero-order valence-electron chi connectivity index (χ0n) is 13.0. The van der Waals surface area contributed by atoms with Crippen LogP contribution >= 0.6 is 11.3 Å². The van der Waals surface area contributed by atoms with Gasteiger partial charge in [0.25, 0.3) is 0 Å². The molecule has 2 atom stereocenters. The van der Waals surface area contributed by atoms with Crippen molar-refractivity contribution in [3.8, 4) is 0 Å². The second-order valence-corrected chi connectivity index (χ2v) is 6.59. The van der Waals surface area contributed by atoms with Gasteiger partial charge in [-0.25, -0.2) is 9.97 Å². The molecule has 6 heteroatoms. The fraction of sp³-hybridized carbons (Fsp3) is 0.500.